The van der Waals surface area contributed by atoms with Crippen molar-refractivity contribution in [2.75, 3.05) is 25.0 Å². The number of amides is 3. The van der Waals surface area contributed by atoms with Crippen LogP contribution in [0, 0.1) is 17.8 Å². The van der Waals surface area contributed by atoms with Gasteiger partial charge in [0.2, 0.25) is 11.8 Å². The first kappa shape index (κ1) is 41.6. The highest BCUT2D eigenvalue weighted by Gasteiger charge is 2.26. The number of carbonyl (C=O) groups excluding carboxylic acids is 4. The molecule has 9 heteroatoms. The average molecular weight is 726 g/mol. The van der Waals surface area contributed by atoms with Crippen LogP contribution in [0.4, 0.5) is 11.4 Å². The minimum Gasteiger partial charge on any atom is -0.356 e. The van der Waals surface area contributed by atoms with E-state index < -0.39 is 0 Å². The Balaban J connectivity index is 1.18. The lowest BCUT2D eigenvalue weighted by Crippen LogP contribution is -2.33. The second kappa shape index (κ2) is 21.5. The third-order valence-electron chi connectivity index (χ3n) is 10.5. The van der Waals surface area contributed by atoms with Gasteiger partial charge in [0, 0.05) is 73.4 Å². The van der Waals surface area contributed by atoms with Gasteiger partial charge < -0.3 is 15.5 Å². The summed E-state index contributed by atoms with van der Waals surface area (Å²) in [5.74, 6) is 1.89. The SMILES string of the molecule is CCCN(CCC)C(=O)C1=Cc2ccc(C(=O)Nc3cncc(CCC(=O)CCCCCNC(=O)C4CCC(CCC(C)C)CC4)c3)cc2N=C(C)C1. The lowest BCUT2D eigenvalue weighted by molar-refractivity contribution is -0.127. The topological polar surface area (TPSA) is 121 Å². The predicted octanol–water partition coefficient (Wildman–Crippen LogP) is 9.28. The Morgan fingerprint density at radius 2 is 1.68 bits per heavy atom. The number of anilines is 1. The van der Waals surface area contributed by atoms with Gasteiger partial charge in [0.05, 0.1) is 17.6 Å². The van der Waals surface area contributed by atoms with Gasteiger partial charge in [-0.15, -0.1) is 0 Å². The quantitative estimate of drug-likeness (QED) is 0.132. The van der Waals surface area contributed by atoms with Crippen molar-refractivity contribution in [2.45, 2.75) is 131 Å². The summed E-state index contributed by atoms with van der Waals surface area (Å²) in [5.41, 5.74) is 4.93. The molecule has 0 saturated heterocycles. The Bertz CT molecular complexity index is 1600. The molecule has 288 valence electrons. The van der Waals surface area contributed by atoms with Crippen molar-refractivity contribution >= 4 is 46.7 Å². The standard InChI is InChI=1S/C44H63N5O4/c1-6-23-49(24-7-2)44(53)38-25-32(5)47-41-28-37(20-19-36(41)27-38)43(52)48-39-26-34(29-45-30-39)16-21-40(50)11-9-8-10-22-46-42(51)35-17-14-33(15-18-35)13-12-31(3)4/h19-20,26-31,33,35H,6-18,21-25H2,1-5H3,(H,46,51)(H,48,52). The molecule has 9 nitrogen and oxygen atoms in total. The van der Waals surface area contributed by atoms with Gasteiger partial charge in [0.1, 0.15) is 5.78 Å². The summed E-state index contributed by atoms with van der Waals surface area (Å²) in [5, 5.41) is 6.08. The summed E-state index contributed by atoms with van der Waals surface area (Å²) in [6, 6.07) is 7.23. The van der Waals surface area contributed by atoms with Crippen LogP contribution in [0.5, 0.6) is 0 Å². The molecular weight excluding hydrogens is 663 g/mol. The molecule has 1 aromatic heterocycles. The zero-order valence-electron chi connectivity index (χ0n) is 33.0. The predicted molar refractivity (Wildman–Crippen MR) is 215 cm³/mol. The lowest BCUT2D eigenvalue weighted by Gasteiger charge is -2.28. The van der Waals surface area contributed by atoms with Crippen LogP contribution in [0.25, 0.3) is 6.08 Å². The van der Waals surface area contributed by atoms with E-state index in [2.05, 4.69) is 43.3 Å². The monoisotopic (exact) mass is 725 g/mol. The number of hydrogen-bond acceptors (Lipinski definition) is 6. The molecule has 4 rings (SSSR count). The largest absolute Gasteiger partial charge is 0.356 e. The number of nitrogens with zero attached hydrogens (tertiary/aromatic N) is 3. The maximum atomic E-state index is 13.4. The van der Waals surface area contributed by atoms with E-state index in [1.807, 2.05) is 30.0 Å². The summed E-state index contributed by atoms with van der Waals surface area (Å²) in [4.78, 5) is 62.9. The van der Waals surface area contributed by atoms with E-state index in [1.54, 1.807) is 24.5 Å². The van der Waals surface area contributed by atoms with E-state index in [-0.39, 0.29) is 29.4 Å². The molecule has 1 saturated carbocycles. The number of aromatic nitrogens is 1. The van der Waals surface area contributed by atoms with Gasteiger partial charge in [-0.1, -0.05) is 53.0 Å². The zero-order chi connectivity index (χ0) is 38.2. The van der Waals surface area contributed by atoms with Gasteiger partial charge in [0.15, 0.2) is 0 Å². The Labute approximate surface area is 317 Å². The molecular formula is C44H63N5O4. The maximum Gasteiger partial charge on any atom is 0.255 e. The second-order valence-corrected chi connectivity index (χ2v) is 15.6. The van der Waals surface area contributed by atoms with Crippen LogP contribution in [0.3, 0.4) is 0 Å². The summed E-state index contributed by atoms with van der Waals surface area (Å²) in [6.45, 7) is 12.8. The summed E-state index contributed by atoms with van der Waals surface area (Å²) in [7, 11) is 0. The third kappa shape index (κ3) is 13.7. The van der Waals surface area contributed by atoms with Crippen molar-refractivity contribution in [3.63, 3.8) is 0 Å². The molecule has 1 fully saturated rings. The van der Waals surface area contributed by atoms with Crippen molar-refractivity contribution in [3.05, 3.63) is 58.9 Å². The molecule has 2 aliphatic rings. The van der Waals surface area contributed by atoms with Crippen molar-refractivity contribution in [1.29, 1.82) is 0 Å². The number of unbranched alkanes of at least 4 members (excludes halogenated alkanes) is 2. The number of carbonyl (C=O) groups is 4. The highest BCUT2D eigenvalue weighted by Crippen LogP contribution is 2.33. The summed E-state index contributed by atoms with van der Waals surface area (Å²) >= 11 is 0. The van der Waals surface area contributed by atoms with Crippen molar-refractivity contribution < 1.29 is 19.2 Å². The highest BCUT2D eigenvalue weighted by molar-refractivity contribution is 6.08. The maximum absolute atomic E-state index is 13.4. The van der Waals surface area contributed by atoms with Gasteiger partial charge in [0.25, 0.3) is 5.91 Å². The minimum absolute atomic E-state index is 0.0453. The van der Waals surface area contributed by atoms with E-state index >= 15 is 0 Å². The number of pyridine rings is 1. The Morgan fingerprint density at radius 1 is 0.925 bits per heavy atom. The smallest absolute Gasteiger partial charge is 0.255 e. The Hall–Kier alpha value is -4.14. The van der Waals surface area contributed by atoms with Crippen LogP contribution in [0.2, 0.25) is 0 Å². The van der Waals surface area contributed by atoms with E-state index in [0.717, 1.165) is 86.7 Å². The number of aryl methyl sites for hydroxylation is 1. The average Bonchev–Trinajstić information content (AvgIpc) is 3.31. The van der Waals surface area contributed by atoms with Gasteiger partial charge in [-0.3, -0.25) is 29.2 Å². The van der Waals surface area contributed by atoms with Gasteiger partial charge in [-0.2, -0.15) is 0 Å². The zero-order valence-corrected chi connectivity index (χ0v) is 33.0. The van der Waals surface area contributed by atoms with Crippen LogP contribution in [0.1, 0.15) is 146 Å². The third-order valence-corrected chi connectivity index (χ3v) is 10.5. The highest BCUT2D eigenvalue weighted by atomic mass is 16.2. The first-order chi connectivity index (χ1) is 25.6. The molecule has 2 aromatic rings. The first-order valence-electron chi connectivity index (χ1n) is 20.3. The van der Waals surface area contributed by atoms with Gasteiger partial charge in [-0.25, -0.2) is 0 Å². The van der Waals surface area contributed by atoms with Crippen LogP contribution >= 0.6 is 0 Å². The molecule has 1 aromatic carbocycles. The van der Waals surface area contributed by atoms with E-state index in [4.69, 9.17) is 4.99 Å². The van der Waals surface area contributed by atoms with Crippen LogP contribution in [-0.4, -0.2) is 58.7 Å². The fourth-order valence-electron chi connectivity index (χ4n) is 7.43. The van der Waals surface area contributed by atoms with Gasteiger partial charge >= 0.3 is 0 Å². The number of hydrogen-bond donors (Lipinski definition) is 2. The number of Topliss-reactive ketones (excluding diaryl/α,β-unsaturated/α-hetero) is 1. The second-order valence-electron chi connectivity index (χ2n) is 15.6. The molecule has 0 unspecified atom stereocenters. The Morgan fingerprint density at radius 3 is 2.40 bits per heavy atom. The van der Waals surface area contributed by atoms with Crippen molar-refractivity contribution in [2.24, 2.45) is 22.7 Å². The van der Waals surface area contributed by atoms with E-state index in [1.165, 1.54) is 25.7 Å². The minimum atomic E-state index is -0.280. The number of ketones is 1. The molecule has 0 atom stereocenters. The molecule has 2 heterocycles. The number of fused-ring (bicyclic) bond motifs is 1. The van der Waals surface area contributed by atoms with Crippen molar-refractivity contribution in [3.8, 4) is 0 Å². The molecule has 53 heavy (non-hydrogen) atoms. The molecule has 0 spiro atoms. The molecule has 1 aliphatic carbocycles. The summed E-state index contributed by atoms with van der Waals surface area (Å²) in [6.07, 6.45) is 18.6. The fraction of sp³-hybridized carbons (Fsp3) is 0.591. The number of rotatable bonds is 20. The summed E-state index contributed by atoms with van der Waals surface area (Å²) < 4.78 is 0. The first-order valence-corrected chi connectivity index (χ1v) is 20.3. The van der Waals surface area contributed by atoms with E-state index in [9.17, 15) is 19.2 Å². The molecule has 3 amide bonds. The number of aliphatic imine (C=N–C) groups is 1. The lowest BCUT2D eigenvalue weighted by atomic mass is 9.79. The van der Waals surface area contributed by atoms with Gasteiger partial charge in [-0.05, 0) is 106 Å². The number of nitrogens with one attached hydrogen (secondary N) is 2. The fourth-order valence-corrected chi connectivity index (χ4v) is 7.43. The number of benzene rings is 1. The Kier molecular flexibility index (Phi) is 16.9. The van der Waals surface area contributed by atoms with Crippen LogP contribution in [0.15, 0.2) is 47.2 Å². The van der Waals surface area contributed by atoms with Crippen molar-refractivity contribution in [1.82, 2.24) is 15.2 Å². The van der Waals surface area contributed by atoms with Crippen LogP contribution < -0.4 is 10.6 Å². The molecule has 0 radical (unpaired) electrons. The molecule has 1 aliphatic heterocycles. The van der Waals surface area contributed by atoms with Crippen LogP contribution in [-0.2, 0) is 20.8 Å². The molecule has 2 N–H and O–H groups in total. The molecule has 0 bridgehead atoms. The normalized spacial score (nSPS) is 16.9. The van der Waals surface area contributed by atoms with E-state index in [0.29, 0.717) is 54.7 Å².